The molecule has 0 aromatic rings. The standard InChI is InChI=1S/C11H18O/c1-2-8-6-9-4-3-5-11(12)10(9)7-8/h8-10H,2-7H2,1H3/t8-,9-,10-/m1/s1. The molecular weight excluding hydrogens is 148 g/mol. The van der Waals surface area contributed by atoms with E-state index in [4.69, 9.17) is 0 Å². The molecule has 2 rings (SSSR count). The Kier molecular flexibility index (Phi) is 2.20. The molecule has 12 heavy (non-hydrogen) atoms. The van der Waals surface area contributed by atoms with Crippen LogP contribution in [0.25, 0.3) is 0 Å². The molecule has 1 nitrogen and oxygen atoms in total. The van der Waals surface area contributed by atoms with Crippen molar-refractivity contribution in [2.75, 3.05) is 0 Å². The van der Waals surface area contributed by atoms with E-state index in [1.165, 1.54) is 25.7 Å². The summed E-state index contributed by atoms with van der Waals surface area (Å²) in [5.41, 5.74) is 0. The van der Waals surface area contributed by atoms with Crippen molar-refractivity contribution in [3.8, 4) is 0 Å². The SMILES string of the molecule is CC[C@@H]1C[C@H]2CCCC(=O)[C@@H]2C1. The van der Waals surface area contributed by atoms with Crippen LogP contribution in [0.4, 0.5) is 0 Å². The first kappa shape index (κ1) is 8.28. The summed E-state index contributed by atoms with van der Waals surface area (Å²) in [7, 11) is 0. The summed E-state index contributed by atoms with van der Waals surface area (Å²) in [5, 5.41) is 0. The van der Waals surface area contributed by atoms with Crippen molar-refractivity contribution in [1.29, 1.82) is 0 Å². The quantitative estimate of drug-likeness (QED) is 0.585. The second kappa shape index (κ2) is 3.20. The summed E-state index contributed by atoms with van der Waals surface area (Å²) >= 11 is 0. The summed E-state index contributed by atoms with van der Waals surface area (Å²) < 4.78 is 0. The number of hydrogen-bond acceptors (Lipinski definition) is 1. The maximum Gasteiger partial charge on any atom is 0.136 e. The number of Topliss-reactive ketones (excluding diaryl/α,β-unsaturated/α-hetero) is 1. The van der Waals surface area contributed by atoms with Crippen molar-refractivity contribution in [2.45, 2.75) is 45.4 Å². The monoisotopic (exact) mass is 166 g/mol. The van der Waals surface area contributed by atoms with Gasteiger partial charge in [0, 0.05) is 12.3 Å². The topological polar surface area (TPSA) is 17.1 Å². The van der Waals surface area contributed by atoms with Gasteiger partial charge in [-0.3, -0.25) is 4.79 Å². The molecule has 2 aliphatic rings. The van der Waals surface area contributed by atoms with E-state index in [2.05, 4.69) is 6.92 Å². The first-order chi connectivity index (χ1) is 5.81. The summed E-state index contributed by atoms with van der Waals surface area (Å²) in [4.78, 5) is 11.5. The van der Waals surface area contributed by atoms with E-state index < -0.39 is 0 Å². The van der Waals surface area contributed by atoms with Gasteiger partial charge in [-0.2, -0.15) is 0 Å². The van der Waals surface area contributed by atoms with Gasteiger partial charge in [0.05, 0.1) is 0 Å². The average Bonchev–Trinajstić information content (AvgIpc) is 2.49. The van der Waals surface area contributed by atoms with Gasteiger partial charge < -0.3 is 0 Å². The van der Waals surface area contributed by atoms with Crippen LogP contribution in [0.2, 0.25) is 0 Å². The van der Waals surface area contributed by atoms with Crippen LogP contribution in [0.5, 0.6) is 0 Å². The van der Waals surface area contributed by atoms with E-state index in [9.17, 15) is 4.79 Å². The lowest BCUT2D eigenvalue weighted by molar-refractivity contribution is -0.125. The molecule has 0 unspecified atom stereocenters. The predicted molar refractivity (Wildman–Crippen MR) is 48.9 cm³/mol. The molecule has 1 heteroatoms. The summed E-state index contributed by atoms with van der Waals surface area (Å²) in [6.07, 6.45) is 7.19. The third-order valence-electron chi connectivity index (χ3n) is 3.78. The zero-order chi connectivity index (χ0) is 8.55. The highest BCUT2D eigenvalue weighted by atomic mass is 16.1. The van der Waals surface area contributed by atoms with Crippen LogP contribution in [0, 0.1) is 17.8 Å². The van der Waals surface area contributed by atoms with Crippen LogP contribution in [0.3, 0.4) is 0 Å². The molecule has 0 aromatic heterocycles. The van der Waals surface area contributed by atoms with Crippen molar-refractivity contribution >= 4 is 5.78 Å². The first-order valence-electron chi connectivity index (χ1n) is 5.34. The number of carbonyl (C=O) groups excluding carboxylic acids is 1. The molecule has 0 radical (unpaired) electrons. The number of rotatable bonds is 1. The molecule has 3 atom stereocenters. The Labute approximate surface area is 74.5 Å². The van der Waals surface area contributed by atoms with Crippen LogP contribution in [-0.2, 0) is 4.79 Å². The summed E-state index contributed by atoms with van der Waals surface area (Å²) in [5.74, 6) is 2.68. The highest BCUT2D eigenvalue weighted by Gasteiger charge is 2.39. The third kappa shape index (κ3) is 1.30. The molecule has 2 aliphatic carbocycles. The Bertz CT molecular complexity index is 185. The number of ketones is 1. The average molecular weight is 166 g/mol. The molecular formula is C11H18O. The van der Waals surface area contributed by atoms with Crippen molar-refractivity contribution in [3.63, 3.8) is 0 Å². The lowest BCUT2D eigenvalue weighted by Gasteiger charge is -2.23. The minimum Gasteiger partial charge on any atom is -0.299 e. The van der Waals surface area contributed by atoms with Gasteiger partial charge in [0.15, 0.2) is 0 Å². The fourth-order valence-electron chi connectivity index (χ4n) is 3.01. The van der Waals surface area contributed by atoms with Crippen LogP contribution in [0.1, 0.15) is 45.4 Å². The molecule has 0 N–H and O–H groups in total. The largest absolute Gasteiger partial charge is 0.299 e. The number of hydrogen-bond donors (Lipinski definition) is 0. The molecule has 0 bridgehead atoms. The van der Waals surface area contributed by atoms with Crippen molar-refractivity contribution in [2.24, 2.45) is 17.8 Å². The Morgan fingerprint density at radius 1 is 1.42 bits per heavy atom. The maximum atomic E-state index is 11.5. The van der Waals surface area contributed by atoms with Crippen molar-refractivity contribution in [3.05, 3.63) is 0 Å². The zero-order valence-electron chi connectivity index (χ0n) is 7.88. The van der Waals surface area contributed by atoms with Gasteiger partial charge in [0.1, 0.15) is 5.78 Å². The van der Waals surface area contributed by atoms with E-state index in [0.717, 1.165) is 24.7 Å². The van der Waals surface area contributed by atoms with Crippen LogP contribution < -0.4 is 0 Å². The van der Waals surface area contributed by atoms with Gasteiger partial charge in [-0.1, -0.05) is 13.3 Å². The van der Waals surface area contributed by atoms with Crippen LogP contribution >= 0.6 is 0 Å². The van der Waals surface area contributed by atoms with E-state index in [-0.39, 0.29) is 0 Å². The molecule has 0 aromatic carbocycles. The second-order valence-corrected chi connectivity index (χ2v) is 4.47. The van der Waals surface area contributed by atoms with Crippen molar-refractivity contribution < 1.29 is 4.79 Å². The molecule has 0 saturated heterocycles. The lowest BCUT2D eigenvalue weighted by Crippen LogP contribution is -2.23. The molecule has 0 aliphatic heterocycles. The normalized spacial score (nSPS) is 41.4. The van der Waals surface area contributed by atoms with Gasteiger partial charge >= 0.3 is 0 Å². The fraction of sp³-hybridized carbons (Fsp3) is 0.909. The Hall–Kier alpha value is -0.330. The maximum absolute atomic E-state index is 11.5. The van der Waals surface area contributed by atoms with E-state index >= 15 is 0 Å². The van der Waals surface area contributed by atoms with E-state index in [1.54, 1.807) is 0 Å². The van der Waals surface area contributed by atoms with Crippen molar-refractivity contribution in [1.82, 2.24) is 0 Å². The first-order valence-corrected chi connectivity index (χ1v) is 5.34. The highest BCUT2D eigenvalue weighted by Crippen LogP contribution is 2.44. The Balaban J connectivity index is 2.04. The molecule has 0 heterocycles. The zero-order valence-corrected chi connectivity index (χ0v) is 7.88. The Morgan fingerprint density at radius 2 is 2.25 bits per heavy atom. The van der Waals surface area contributed by atoms with Crippen LogP contribution in [0.15, 0.2) is 0 Å². The van der Waals surface area contributed by atoms with Gasteiger partial charge in [-0.25, -0.2) is 0 Å². The van der Waals surface area contributed by atoms with Crippen LogP contribution in [-0.4, -0.2) is 5.78 Å². The fourth-order valence-corrected chi connectivity index (χ4v) is 3.01. The second-order valence-electron chi connectivity index (χ2n) is 4.47. The van der Waals surface area contributed by atoms with E-state index in [1.807, 2.05) is 0 Å². The van der Waals surface area contributed by atoms with Gasteiger partial charge in [0.2, 0.25) is 0 Å². The molecule has 2 saturated carbocycles. The minimum atomic E-state index is 0.476. The predicted octanol–water partition coefficient (Wildman–Crippen LogP) is 2.79. The number of carbonyl (C=O) groups is 1. The molecule has 0 spiro atoms. The van der Waals surface area contributed by atoms with E-state index in [0.29, 0.717) is 11.7 Å². The van der Waals surface area contributed by atoms with Gasteiger partial charge in [0.25, 0.3) is 0 Å². The van der Waals surface area contributed by atoms with Gasteiger partial charge in [-0.05, 0) is 37.5 Å². The highest BCUT2D eigenvalue weighted by molar-refractivity contribution is 5.82. The Morgan fingerprint density at radius 3 is 2.92 bits per heavy atom. The number of fused-ring (bicyclic) bond motifs is 1. The summed E-state index contributed by atoms with van der Waals surface area (Å²) in [6, 6.07) is 0. The van der Waals surface area contributed by atoms with Gasteiger partial charge in [-0.15, -0.1) is 0 Å². The molecule has 2 fully saturated rings. The lowest BCUT2D eigenvalue weighted by atomic mass is 9.81. The third-order valence-corrected chi connectivity index (χ3v) is 3.78. The summed E-state index contributed by atoms with van der Waals surface area (Å²) in [6.45, 7) is 2.26. The molecule has 68 valence electrons. The minimum absolute atomic E-state index is 0.476. The molecule has 0 amide bonds. The smallest absolute Gasteiger partial charge is 0.136 e.